The smallest absolute Gasteiger partial charge is 0.347 e. The Kier molecular flexibility index (Phi) is 3.00. The molecule has 0 N–H and O–H groups in total. The van der Waals surface area contributed by atoms with E-state index in [2.05, 4.69) is 11.1 Å². The zero-order chi connectivity index (χ0) is 16.0. The molecule has 0 atom stereocenters. The first-order valence-electron chi connectivity index (χ1n) is 7.01. The van der Waals surface area contributed by atoms with Crippen LogP contribution in [0.15, 0.2) is 51.7 Å². The van der Waals surface area contributed by atoms with E-state index in [1.165, 1.54) is 11.3 Å². The molecule has 110 valence electrons. The largest absolute Gasteiger partial charge is 0.402 e. The van der Waals surface area contributed by atoms with E-state index >= 15 is 0 Å². The lowest BCUT2D eigenvalue weighted by molar-refractivity contribution is 0.519. The van der Waals surface area contributed by atoms with Crippen molar-refractivity contribution in [2.75, 3.05) is 0 Å². The second kappa shape index (κ2) is 5.04. The third-order valence-electron chi connectivity index (χ3n) is 3.68. The van der Waals surface area contributed by atoms with Gasteiger partial charge in [0.1, 0.15) is 10.9 Å². The maximum atomic E-state index is 12.2. The molecule has 0 aliphatic carbocycles. The molecule has 0 aliphatic heterocycles. The van der Waals surface area contributed by atoms with Gasteiger partial charge in [-0.2, -0.15) is 5.26 Å². The summed E-state index contributed by atoms with van der Waals surface area (Å²) < 4.78 is 6.34. The maximum absolute atomic E-state index is 12.2. The Labute approximate surface area is 135 Å². The minimum Gasteiger partial charge on any atom is -0.402 e. The minimum atomic E-state index is -0.442. The number of hydrogen-bond donors (Lipinski definition) is 0. The van der Waals surface area contributed by atoms with Crippen molar-refractivity contribution in [1.29, 1.82) is 5.26 Å². The molecule has 23 heavy (non-hydrogen) atoms. The van der Waals surface area contributed by atoms with Gasteiger partial charge >= 0.3 is 5.63 Å². The van der Waals surface area contributed by atoms with Crippen molar-refractivity contribution in [2.24, 2.45) is 0 Å². The number of nitriles is 1. The van der Waals surface area contributed by atoms with Gasteiger partial charge in [0.15, 0.2) is 0 Å². The average molecular weight is 318 g/mol. The summed E-state index contributed by atoms with van der Waals surface area (Å²) in [6, 6.07) is 15.2. The van der Waals surface area contributed by atoms with Gasteiger partial charge in [0.25, 0.3) is 0 Å². The van der Waals surface area contributed by atoms with Crippen LogP contribution in [-0.2, 0) is 0 Å². The van der Waals surface area contributed by atoms with Crippen LogP contribution in [0.25, 0.3) is 31.8 Å². The van der Waals surface area contributed by atoms with Crippen LogP contribution in [0.2, 0.25) is 0 Å². The van der Waals surface area contributed by atoms with E-state index in [1.807, 2.05) is 31.2 Å². The lowest BCUT2D eigenvalue weighted by Crippen LogP contribution is -2.02. The Morgan fingerprint density at radius 3 is 2.83 bits per heavy atom. The van der Waals surface area contributed by atoms with Crippen LogP contribution < -0.4 is 5.63 Å². The number of nitrogens with zero attached hydrogens (tertiary/aromatic N) is 2. The number of aryl methyl sites for hydroxylation is 1. The van der Waals surface area contributed by atoms with Crippen LogP contribution >= 0.6 is 11.3 Å². The van der Waals surface area contributed by atoms with Crippen LogP contribution in [0.5, 0.6) is 0 Å². The van der Waals surface area contributed by atoms with Crippen LogP contribution in [0.1, 0.15) is 11.1 Å². The quantitative estimate of drug-likeness (QED) is 0.526. The number of fused-ring (bicyclic) bond motifs is 2. The predicted octanol–water partition coefficient (Wildman–Crippen LogP) is 4.25. The van der Waals surface area contributed by atoms with Crippen LogP contribution in [0.3, 0.4) is 0 Å². The standard InChI is InChI=1S/C18H10N2O2S/c1-10-6-7-15-12(8-10)13(9-19)16(23-15)17-20-14-5-3-2-4-11(14)18(21)22-17/h2-8H,1H3. The molecule has 0 saturated heterocycles. The number of rotatable bonds is 1. The molecule has 0 saturated carbocycles. The van der Waals surface area contributed by atoms with E-state index in [9.17, 15) is 10.1 Å². The summed E-state index contributed by atoms with van der Waals surface area (Å²) in [7, 11) is 0. The number of hydrogen-bond acceptors (Lipinski definition) is 5. The predicted molar refractivity (Wildman–Crippen MR) is 90.6 cm³/mol. The molecular formula is C18H10N2O2S. The van der Waals surface area contributed by atoms with Crippen LogP contribution in [0.4, 0.5) is 0 Å². The Bertz CT molecular complexity index is 1170. The molecule has 4 nitrogen and oxygen atoms in total. The molecule has 0 unspecified atom stereocenters. The van der Waals surface area contributed by atoms with E-state index in [0.29, 0.717) is 21.3 Å². The lowest BCUT2D eigenvalue weighted by atomic mass is 10.1. The third kappa shape index (κ3) is 2.12. The monoisotopic (exact) mass is 318 g/mol. The van der Waals surface area contributed by atoms with Gasteiger partial charge in [-0.25, -0.2) is 9.78 Å². The Morgan fingerprint density at radius 1 is 1.17 bits per heavy atom. The van der Waals surface area contributed by atoms with Crippen LogP contribution in [0, 0.1) is 18.3 Å². The van der Waals surface area contributed by atoms with Gasteiger partial charge in [0, 0.05) is 10.1 Å². The number of thiophene rings is 1. The van der Waals surface area contributed by atoms with Crippen molar-refractivity contribution < 1.29 is 4.42 Å². The van der Waals surface area contributed by atoms with Crippen molar-refractivity contribution in [3.8, 4) is 16.8 Å². The zero-order valence-electron chi connectivity index (χ0n) is 12.2. The maximum Gasteiger partial charge on any atom is 0.347 e. The number of benzene rings is 2. The molecule has 5 heteroatoms. The van der Waals surface area contributed by atoms with E-state index in [4.69, 9.17) is 4.42 Å². The fourth-order valence-corrected chi connectivity index (χ4v) is 3.65. The molecule has 0 aliphatic rings. The number of para-hydroxylation sites is 1. The number of aromatic nitrogens is 1. The molecule has 2 heterocycles. The molecule has 0 amide bonds. The third-order valence-corrected chi connectivity index (χ3v) is 4.84. The SMILES string of the molecule is Cc1ccc2sc(-c3nc4ccccc4c(=O)o3)c(C#N)c2c1. The average Bonchev–Trinajstić information content (AvgIpc) is 2.92. The minimum absolute atomic E-state index is 0.198. The van der Waals surface area contributed by atoms with Gasteiger partial charge in [-0.1, -0.05) is 23.8 Å². The van der Waals surface area contributed by atoms with Crippen LogP contribution in [-0.4, -0.2) is 4.98 Å². The molecule has 4 aromatic rings. The second-order valence-corrected chi connectivity index (χ2v) is 6.29. The Morgan fingerprint density at radius 2 is 2.00 bits per heavy atom. The summed E-state index contributed by atoms with van der Waals surface area (Å²) in [6.45, 7) is 1.98. The van der Waals surface area contributed by atoms with Gasteiger partial charge in [0.05, 0.1) is 16.5 Å². The summed E-state index contributed by atoms with van der Waals surface area (Å²) in [5.74, 6) is 0.198. The molecule has 0 spiro atoms. The molecular weight excluding hydrogens is 308 g/mol. The normalized spacial score (nSPS) is 11.0. The zero-order valence-corrected chi connectivity index (χ0v) is 13.0. The first-order chi connectivity index (χ1) is 11.2. The summed E-state index contributed by atoms with van der Waals surface area (Å²) >= 11 is 1.41. The second-order valence-electron chi connectivity index (χ2n) is 5.24. The fourth-order valence-electron chi connectivity index (χ4n) is 2.59. The summed E-state index contributed by atoms with van der Waals surface area (Å²) in [6.07, 6.45) is 0. The van der Waals surface area contributed by atoms with Crippen molar-refractivity contribution in [3.05, 3.63) is 64.0 Å². The van der Waals surface area contributed by atoms with Gasteiger partial charge in [-0.05, 0) is 31.2 Å². The summed E-state index contributed by atoms with van der Waals surface area (Å²) in [4.78, 5) is 17.2. The molecule has 0 fully saturated rings. The van der Waals surface area contributed by atoms with E-state index in [-0.39, 0.29) is 5.89 Å². The van der Waals surface area contributed by atoms with E-state index in [1.54, 1.807) is 18.2 Å². The first-order valence-corrected chi connectivity index (χ1v) is 7.82. The highest BCUT2D eigenvalue weighted by Crippen LogP contribution is 2.37. The summed E-state index contributed by atoms with van der Waals surface area (Å²) in [5, 5.41) is 10.9. The Balaban J connectivity index is 2.07. The summed E-state index contributed by atoms with van der Waals surface area (Å²) in [5.41, 5.74) is 1.70. The highest BCUT2D eigenvalue weighted by Gasteiger charge is 2.18. The van der Waals surface area contributed by atoms with Crippen molar-refractivity contribution in [2.45, 2.75) is 6.92 Å². The van der Waals surface area contributed by atoms with E-state index < -0.39 is 5.63 Å². The molecule has 2 aromatic heterocycles. The first kappa shape index (κ1) is 13.7. The molecule has 4 rings (SSSR count). The fraction of sp³-hybridized carbons (Fsp3) is 0.0556. The van der Waals surface area contributed by atoms with Gasteiger partial charge in [0.2, 0.25) is 5.89 Å². The van der Waals surface area contributed by atoms with Crippen molar-refractivity contribution in [1.82, 2.24) is 4.98 Å². The highest BCUT2D eigenvalue weighted by molar-refractivity contribution is 7.22. The topological polar surface area (TPSA) is 66.9 Å². The molecule has 2 aromatic carbocycles. The van der Waals surface area contributed by atoms with Gasteiger partial charge in [-0.3, -0.25) is 0 Å². The van der Waals surface area contributed by atoms with Crippen molar-refractivity contribution in [3.63, 3.8) is 0 Å². The van der Waals surface area contributed by atoms with Crippen molar-refractivity contribution >= 4 is 32.3 Å². The Hall–Kier alpha value is -2.97. The lowest BCUT2D eigenvalue weighted by Gasteiger charge is -1.99. The van der Waals surface area contributed by atoms with E-state index in [0.717, 1.165) is 15.6 Å². The van der Waals surface area contributed by atoms with Gasteiger partial charge in [-0.15, -0.1) is 11.3 Å². The highest BCUT2D eigenvalue weighted by atomic mass is 32.1. The molecule has 0 radical (unpaired) electrons. The van der Waals surface area contributed by atoms with Gasteiger partial charge < -0.3 is 4.42 Å². The molecule has 0 bridgehead atoms.